The highest BCUT2D eigenvalue weighted by Gasteiger charge is 2.14. The van der Waals surface area contributed by atoms with E-state index in [2.05, 4.69) is 22.4 Å². The van der Waals surface area contributed by atoms with Gasteiger partial charge in [-0.15, -0.1) is 0 Å². The fourth-order valence-corrected chi connectivity index (χ4v) is 2.70. The molecule has 2 N–H and O–H groups in total. The molecular weight excluding hydrogens is 314 g/mol. The number of carbonyl (C=O) groups is 1. The first kappa shape index (κ1) is 16.6. The minimum absolute atomic E-state index is 0.179. The van der Waals surface area contributed by atoms with Crippen molar-refractivity contribution in [1.82, 2.24) is 10.3 Å². The van der Waals surface area contributed by atoms with E-state index >= 15 is 0 Å². The summed E-state index contributed by atoms with van der Waals surface area (Å²) in [6.45, 7) is 2.23. The van der Waals surface area contributed by atoms with Crippen LogP contribution in [0.3, 0.4) is 0 Å². The number of fused-ring (bicyclic) bond motifs is 1. The summed E-state index contributed by atoms with van der Waals surface area (Å²) in [5, 5.41) is 13.0. The molecule has 0 aliphatic rings. The van der Waals surface area contributed by atoms with Gasteiger partial charge in [-0.3, -0.25) is 4.79 Å². The fraction of sp³-hybridized carbons (Fsp3) is 0.200. The predicted molar refractivity (Wildman–Crippen MR) is 96.3 cm³/mol. The van der Waals surface area contributed by atoms with Crippen LogP contribution in [0.4, 0.5) is 0 Å². The predicted octanol–water partition coefficient (Wildman–Crippen LogP) is 3.17. The first-order chi connectivity index (χ1) is 12.2. The van der Waals surface area contributed by atoms with Gasteiger partial charge >= 0.3 is 0 Å². The van der Waals surface area contributed by atoms with Crippen LogP contribution in [0.15, 0.2) is 54.7 Å². The fourth-order valence-electron chi connectivity index (χ4n) is 2.70. The Hall–Kier alpha value is -3.26. The summed E-state index contributed by atoms with van der Waals surface area (Å²) < 4.78 is 5.61. The van der Waals surface area contributed by atoms with Crippen molar-refractivity contribution in [2.45, 2.75) is 19.4 Å². The quantitative estimate of drug-likeness (QED) is 0.727. The Labute approximate surface area is 146 Å². The van der Waals surface area contributed by atoms with Crippen molar-refractivity contribution in [3.05, 3.63) is 65.9 Å². The van der Waals surface area contributed by atoms with E-state index < -0.39 is 6.10 Å². The number of hydrogen-bond acceptors (Lipinski definition) is 3. The number of H-pyrrole nitrogens is 1. The van der Waals surface area contributed by atoms with Crippen LogP contribution >= 0.6 is 0 Å². The van der Waals surface area contributed by atoms with E-state index in [0.717, 1.165) is 11.9 Å². The van der Waals surface area contributed by atoms with Crippen molar-refractivity contribution in [2.24, 2.45) is 0 Å². The third-order valence-electron chi connectivity index (χ3n) is 4.01. The molecule has 126 valence electrons. The smallest absolute Gasteiger partial charge is 0.260 e. The highest BCUT2D eigenvalue weighted by atomic mass is 16.5. The van der Waals surface area contributed by atoms with E-state index in [1.54, 1.807) is 31.2 Å². The average molecular weight is 333 g/mol. The monoisotopic (exact) mass is 333 g/mol. The second-order valence-corrected chi connectivity index (χ2v) is 5.80. The Balaban J connectivity index is 1.52. The molecule has 0 fully saturated rings. The van der Waals surface area contributed by atoms with Gasteiger partial charge in [-0.25, -0.2) is 0 Å². The van der Waals surface area contributed by atoms with E-state index in [4.69, 9.17) is 10.00 Å². The molecule has 25 heavy (non-hydrogen) atoms. The van der Waals surface area contributed by atoms with Crippen molar-refractivity contribution in [2.75, 3.05) is 6.54 Å². The summed E-state index contributed by atoms with van der Waals surface area (Å²) in [5.74, 6) is 0.334. The van der Waals surface area contributed by atoms with E-state index in [0.29, 0.717) is 17.9 Å². The number of nitriles is 1. The topological polar surface area (TPSA) is 77.9 Å². The van der Waals surface area contributed by atoms with Gasteiger partial charge in [0, 0.05) is 23.6 Å². The number of para-hydroxylation sites is 1. The average Bonchev–Trinajstić information content (AvgIpc) is 3.05. The summed E-state index contributed by atoms with van der Waals surface area (Å²) in [7, 11) is 0. The zero-order valence-electron chi connectivity index (χ0n) is 14.0. The SMILES string of the molecule is CC(Oc1cccc(C#N)c1)C(=O)NCCc1c[nH]c2ccccc12. The van der Waals surface area contributed by atoms with Gasteiger partial charge in [0.2, 0.25) is 0 Å². The van der Waals surface area contributed by atoms with Crippen LogP contribution in [0.5, 0.6) is 5.75 Å². The minimum Gasteiger partial charge on any atom is -0.481 e. The number of amides is 1. The zero-order chi connectivity index (χ0) is 17.6. The molecule has 1 heterocycles. The molecule has 1 amide bonds. The summed E-state index contributed by atoms with van der Waals surface area (Å²) in [4.78, 5) is 15.4. The van der Waals surface area contributed by atoms with E-state index in [9.17, 15) is 4.79 Å². The number of aromatic nitrogens is 1. The first-order valence-electron chi connectivity index (χ1n) is 8.17. The minimum atomic E-state index is -0.628. The summed E-state index contributed by atoms with van der Waals surface area (Å²) in [6, 6.07) is 16.9. The number of ether oxygens (including phenoxy) is 1. The first-order valence-corrected chi connectivity index (χ1v) is 8.17. The largest absolute Gasteiger partial charge is 0.481 e. The molecule has 5 heteroatoms. The van der Waals surface area contributed by atoms with E-state index in [1.165, 1.54) is 10.9 Å². The van der Waals surface area contributed by atoms with Crippen LogP contribution in [0.1, 0.15) is 18.1 Å². The van der Waals surface area contributed by atoms with Gasteiger partial charge in [0.1, 0.15) is 5.75 Å². The molecule has 1 aromatic heterocycles. The molecule has 3 rings (SSSR count). The Morgan fingerprint density at radius 3 is 2.96 bits per heavy atom. The van der Waals surface area contributed by atoms with Crippen molar-refractivity contribution in [1.29, 1.82) is 5.26 Å². The van der Waals surface area contributed by atoms with Crippen molar-refractivity contribution in [3.8, 4) is 11.8 Å². The Morgan fingerprint density at radius 2 is 2.12 bits per heavy atom. The number of nitrogens with one attached hydrogen (secondary N) is 2. The third kappa shape index (κ3) is 3.99. The van der Waals surface area contributed by atoms with Crippen molar-refractivity contribution < 1.29 is 9.53 Å². The molecule has 1 unspecified atom stereocenters. The lowest BCUT2D eigenvalue weighted by Gasteiger charge is -2.14. The molecule has 0 saturated heterocycles. The second kappa shape index (κ2) is 7.54. The van der Waals surface area contributed by atoms with Gasteiger partial charge in [-0.1, -0.05) is 24.3 Å². The van der Waals surface area contributed by atoms with Crippen LogP contribution in [-0.2, 0) is 11.2 Å². The number of benzene rings is 2. The number of hydrogen-bond donors (Lipinski definition) is 2. The van der Waals surface area contributed by atoms with Gasteiger partial charge in [0.05, 0.1) is 11.6 Å². The van der Waals surface area contributed by atoms with Crippen molar-refractivity contribution in [3.63, 3.8) is 0 Å². The summed E-state index contributed by atoms with van der Waals surface area (Å²) >= 11 is 0. The Bertz CT molecular complexity index is 924. The molecule has 5 nitrogen and oxygen atoms in total. The number of aromatic amines is 1. The van der Waals surface area contributed by atoms with Crippen LogP contribution in [0.25, 0.3) is 10.9 Å². The number of nitrogens with zero attached hydrogens (tertiary/aromatic N) is 1. The van der Waals surface area contributed by atoms with Crippen LogP contribution in [0.2, 0.25) is 0 Å². The van der Waals surface area contributed by atoms with Crippen LogP contribution in [0, 0.1) is 11.3 Å². The molecule has 0 aliphatic heterocycles. The molecule has 1 atom stereocenters. The molecule has 0 aliphatic carbocycles. The van der Waals surface area contributed by atoms with Crippen LogP contribution in [-0.4, -0.2) is 23.5 Å². The number of carbonyl (C=O) groups excluding carboxylic acids is 1. The molecule has 0 saturated carbocycles. The maximum Gasteiger partial charge on any atom is 0.260 e. The molecule has 0 spiro atoms. The Kier molecular flexibility index (Phi) is 5.00. The van der Waals surface area contributed by atoms with E-state index in [-0.39, 0.29) is 5.91 Å². The number of rotatable bonds is 6. The second-order valence-electron chi connectivity index (χ2n) is 5.80. The molecule has 0 radical (unpaired) electrons. The summed E-state index contributed by atoms with van der Waals surface area (Å²) in [6.07, 6.45) is 2.09. The van der Waals surface area contributed by atoms with Gasteiger partial charge in [-0.2, -0.15) is 5.26 Å². The Morgan fingerprint density at radius 1 is 1.28 bits per heavy atom. The summed E-state index contributed by atoms with van der Waals surface area (Å²) in [5.41, 5.74) is 2.77. The highest BCUT2D eigenvalue weighted by Crippen LogP contribution is 2.18. The molecule has 3 aromatic rings. The van der Waals surface area contributed by atoms with Gasteiger partial charge < -0.3 is 15.0 Å². The van der Waals surface area contributed by atoms with Gasteiger partial charge in [-0.05, 0) is 43.2 Å². The normalized spacial score (nSPS) is 11.7. The highest BCUT2D eigenvalue weighted by molar-refractivity contribution is 5.83. The standard InChI is InChI=1S/C20H19N3O2/c1-14(25-17-6-4-5-15(11-17)12-21)20(24)22-10-9-16-13-23-19-8-3-2-7-18(16)19/h2-8,11,13-14,23H,9-10H2,1H3,(H,22,24). The molecule has 2 aromatic carbocycles. The third-order valence-corrected chi connectivity index (χ3v) is 4.01. The zero-order valence-corrected chi connectivity index (χ0v) is 14.0. The maximum atomic E-state index is 12.2. The molecule has 0 bridgehead atoms. The lowest BCUT2D eigenvalue weighted by atomic mass is 10.1. The lowest BCUT2D eigenvalue weighted by Crippen LogP contribution is -2.37. The molecular formula is C20H19N3O2. The lowest BCUT2D eigenvalue weighted by molar-refractivity contribution is -0.127. The van der Waals surface area contributed by atoms with E-state index in [1.807, 2.05) is 24.4 Å². The van der Waals surface area contributed by atoms with Gasteiger partial charge in [0.15, 0.2) is 6.10 Å². The van der Waals surface area contributed by atoms with Gasteiger partial charge in [0.25, 0.3) is 5.91 Å². The van der Waals surface area contributed by atoms with Crippen molar-refractivity contribution >= 4 is 16.8 Å². The van der Waals surface area contributed by atoms with Crippen LogP contribution < -0.4 is 10.1 Å². The maximum absolute atomic E-state index is 12.2.